The maximum Gasteiger partial charge on any atom is 0.255 e. The van der Waals surface area contributed by atoms with Gasteiger partial charge in [0.2, 0.25) is 0 Å². The summed E-state index contributed by atoms with van der Waals surface area (Å²) in [5.74, 6) is 0.683. The third-order valence-corrected chi connectivity index (χ3v) is 5.40. The van der Waals surface area contributed by atoms with E-state index in [1.165, 1.54) is 0 Å². The highest BCUT2D eigenvalue weighted by Gasteiger charge is 2.28. The van der Waals surface area contributed by atoms with Gasteiger partial charge in [0.1, 0.15) is 11.9 Å². The van der Waals surface area contributed by atoms with E-state index in [0.29, 0.717) is 12.1 Å². The lowest BCUT2D eigenvalue weighted by atomic mass is 10.0. The Kier molecular flexibility index (Phi) is 4.88. The number of carbonyl (C=O) groups excluding carboxylic acids is 1. The van der Waals surface area contributed by atoms with Crippen LogP contribution < -0.4 is 15.4 Å². The summed E-state index contributed by atoms with van der Waals surface area (Å²) < 4.78 is 7.21. The van der Waals surface area contributed by atoms with E-state index in [4.69, 9.17) is 9.84 Å². The number of anilines is 1. The van der Waals surface area contributed by atoms with Gasteiger partial charge in [-0.1, -0.05) is 42.5 Å². The highest BCUT2D eigenvalue weighted by Crippen LogP contribution is 2.32. The van der Waals surface area contributed by atoms with Crippen LogP contribution in [-0.4, -0.2) is 22.8 Å². The van der Waals surface area contributed by atoms with E-state index in [1.807, 2.05) is 77.6 Å². The van der Waals surface area contributed by atoms with E-state index in [0.717, 1.165) is 33.8 Å². The Morgan fingerprint density at radius 2 is 1.68 bits per heavy atom. The fourth-order valence-corrected chi connectivity index (χ4v) is 3.84. The summed E-state index contributed by atoms with van der Waals surface area (Å²) in [6.07, 6.45) is 1.61. The van der Waals surface area contributed by atoms with Gasteiger partial charge in [-0.05, 0) is 42.0 Å². The first kappa shape index (κ1) is 18.9. The molecule has 154 valence electrons. The first-order chi connectivity index (χ1) is 15.2. The minimum atomic E-state index is -0.385. The van der Waals surface area contributed by atoms with Crippen LogP contribution in [0.4, 0.5) is 5.69 Å². The number of nitrogens with one attached hydrogen (secondary N) is 2. The molecule has 1 aliphatic heterocycles. The summed E-state index contributed by atoms with van der Waals surface area (Å²) >= 11 is 0. The lowest BCUT2D eigenvalue weighted by Crippen LogP contribution is -2.38. The van der Waals surface area contributed by atoms with Crippen molar-refractivity contribution in [3.63, 3.8) is 0 Å². The van der Waals surface area contributed by atoms with Crippen LogP contribution >= 0.6 is 0 Å². The highest BCUT2D eigenvalue weighted by atomic mass is 16.5. The molecule has 5 rings (SSSR count). The quantitative estimate of drug-likeness (QED) is 0.510. The molecule has 0 aliphatic carbocycles. The number of hydrogen-bond acceptors (Lipinski definition) is 4. The molecule has 1 amide bonds. The molecule has 4 aromatic rings. The number of hydrogen-bond donors (Lipinski definition) is 2. The normalized spacial score (nSPS) is 15.0. The maximum atomic E-state index is 12.7. The first-order valence-electron chi connectivity index (χ1n) is 10.1. The molecule has 6 nitrogen and oxygen atoms in total. The lowest BCUT2D eigenvalue weighted by molar-refractivity contribution is 0.0936. The van der Waals surface area contributed by atoms with Crippen molar-refractivity contribution in [2.75, 3.05) is 12.4 Å². The summed E-state index contributed by atoms with van der Waals surface area (Å²) in [4.78, 5) is 12.7. The molecule has 2 N–H and O–H groups in total. The molecule has 0 saturated heterocycles. The van der Waals surface area contributed by atoms with Crippen molar-refractivity contribution in [2.24, 2.45) is 0 Å². The minimum absolute atomic E-state index is 0.101. The van der Waals surface area contributed by atoms with Gasteiger partial charge < -0.3 is 15.4 Å². The summed E-state index contributed by atoms with van der Waals surface area (Å²) in [7, 11) is 1.65. The highest BCUT2D eigenvalue weighted by molar-refractivity contribution is 6.01. The van der Waals surface area contributed by atoms with E-state index in [1.54, 1.807) is 7.11 Å². The number of fused-ring (bicyclic) bond motifs is 1. The van der Waals surface area contributed by atoms with E-state index < -0.39 is 0 Å². The van der Waals surface area contributed by atoms with Gasteiger partial charge in [-0.15, -0.1) is 0 Å². The Bertz CT molecular complexity index is 1220. The molecule has 2 heterocycles. The zero-order valence-corrected chi connectivity index (χ0v) is 17.1. The van der Waals surface area contributed by atoms with Gasteiger partial charge in [-0.25, -0.2) is 0 Å². The van der Waals surface area contributed by atoms with Gasteiger partial charge in [0.15, 0.2) is 0 Å². The third-order valence-electron chi connectivity index (χ3n) is 5.40. The van der Waals surface area contributed by atoms with Gasteiger partial charge in [0.25, 0.3) is 5.91 Å². The molecule has 0 unspecified atom stereocenters. The molecule has 0 radical (unpaired) electrons. The molecule has 0 bridgehead atoms. The molecular formula is C25H22N4O2. The predicted octanol–water partition coefficient (Wildman–Crippen LogP) is 4.46. The zero-order valence-electron chi connectivity index (χ0n) is 17.1. The molecule has 0 fully saturated rings. The van der Waals surface area contributed by atoms with Crippen molar-refractivity contribution in [3.8, 4) is 17.0 Å². The molecule has 31 heavy (non-hydrogen) atoms. The number of ether oxygens (including phenoxy) is 1. The van der Waals surface area contributed by atoms with Crippen molar-refractivity contribution in [2.45, 2.75) is 12.7 Å². The standard InChI is InChI=1S/C25H22N4O2/c1-31-19-13-11-18(12-14-19)23-21(16-29(28-23)15-17-7-3-2-4-8-17)24-26-22-10-6-5-9-20(22)25(30)27-24/h2-14,16,24,26H,15H2,1H3,(H,27,30)/t24-/m0/s1. The molecule has 6 heteroatoms. The second kappa shape index (κ2) is 7.99. The number of carbonyl (C=O) groups is 1. The Morgan fingerprint density at radius 1 is 0.935 bits per heavy atom. The van der Waals surface area contributed by atoms with Gasteiger partial charge >= 0.3 is 0 Å². The topological polar surface area (TPSA) is 68.2 Å². The number of rotatable bonds is 5. The van der Waals surface area contributed by atoms with Crippen molar-refractivity contribution >= 4 is 11.6 Å². The number of aromatic nitrogens is 2. The SMILES string of the molecule is COc1ccc(-c2nn(Cc3ccccc3)cc2[C@@H]2NC(=O)c3ccccc3N2)cc1. The maximum absolute atomic E-state index is 12.7. The molecule has 3 aromatic carbocycles. The van der Waals surface area contributed by atoms with Crippen LogP contribution in [0.3, 0.4) is 0 Å². The molecular weight excluding hydrogens is 388 g/mol. The van der Waals surface area contributed by atoms with Gasteiger partial charge in [-0.3, -0.25) is 9.48 Å². The minimum Gasteiger partial charge on any atom is -0.497 e. The summed E-state index contributed by atoms with van der Waals surface area (Å²) in [5.41, 5.74) is 5.29. The van der Waals surface area contributed by atoms with Crippen LogP contribution in [0, 0.1) is 0 Å². The summed E-state index contributed by atoms with van der Waals surface area (Å²) in [5, 5.41) is 11.4. The van der Waals surface area contributed by atoms with Crippen molar-refractivity contribution in [1.82, 2.24) is 15.1 Å². The fourth-order valence-electron chi connectivity index (χ4n) is 3.84. The van der Waals surface area contributed by atoms with E-state index in [-0.39, 0.29) is 12.1 Å². The first-order valence-corrected chi connectivity index (χ1v) is 10.1. The number of nitrogens with zero attached hydrogens (tertiary/aromatic N) is 2. The third kappa shape index (κ3) is 3.75. The molecule has 1 aliphatic rings. The largest absolute Gasteiger partial charge is 0.497 e. The Labute approximate surface area is 180 Å². The van der Waals surface area contributed by atoms with Gasteiger partial charge in [-0.2, -0.15) is 5.10 Å². The van der Waals surface area contributed by atoms with Crippen LogP contribution in [0.5, 0.6) is 5.75 Å². The Morgan fingerprint density at radius 3 is 2.45 bits per heavy atom. The van der Waals surface area contributed by atoms with Crippen molar-refractivity contribution < 1.29 is 9.53 Å². The van der Waals surface area contributed by atoms with Gasteiger partial charge in [0, 0.05) is 23.0 Å². The van der Waals surface area contributed by atoms with Crippen LogP contribution in [0.15, 0.2) is 85.1 Å². The van der Waals surface area contributed by atoms with E-state index in [2.05, 4.69) is 22.8 Å². The number of amides is 1. The Balaban J connectivity index is 1.55. The second-order valence-electron chi connectivity index (χ2n) is 7.44. The fraction of sp³-hybridized carbons (Fsp3) is 0.120. The van der Waals surface area contributed by atoms with Crippen LogP contribution in [0.25, 0.3) is 11.3 Å². The van der Waals surface area contributed by atoms with E-state index in [9.17, 15) is 4.79 Å². The van der Waals surface area contributed by atoms with Crippen molar-refractivity contribution in [1.29, 1.82) is 0 Å². The lowest BCUT2D eigenvalue weighted by Gasteiger charge is -2.27. The average Bonchev–Trinajstić information content (AvgIpc) is 3.23. The van der Waals surface area contributed by atoms with Crippen LogP contribution in [0.1, 0.15) is 27.7 Å². The Hall–Kier alpha value is -4.06. The monoisotopic (exact) mass is 410 g/mol. The smallest absolute Gasteiger partial charge is 0.255 e. The average molecular weight is 410 g/mol. The molecule has 0 spiro atoms. The molecule has 1 atom stereocenters. The summed E-state index contributed by atoms with van der Waals surface area (Å²) in [6.45, 7) is 0.640. The molecule has 0 saturated carbocycles. The second-order valence-corrected chi connectivity index (χ2v) is 7.44. The number of benzene rings is 3. The predicted molar refractivity (Wildman–Crippen MR) is 120 cm³/mol. The summed E-state index contributed by atoms with van der Waals surface area (Å²) in [6, 6.07) is 25.5. The molecule has 1 aromatic heterocycles. The van der Waals surface area contributed by atoms with Crippen molar-refractivity contribution in [3.05, 3.63) is 102 Å². The zero-order chi connectivity index (χ0) is 21.2. The van der Waals surface area contributed by atoms with Gasteiger partial charge in [0.05, 0.1) is 24.9 Å². The number of methoxy groups -OCH3 is 1. The van der Waals surface area contributed by atoms with Crippen LogP contribution in [0.2, 0.25) is 0 Å². The van der Waals surface area contributed by atoms with E-state index >= 15 is 0 Å². The number of para-hydroxylation sites is 1. The van der Waals surface area contributed by atoms with Crippen LogP contribution in [-0.2, 0) is 6.54 Å².